The lowest BCUT2D eigenvalue weighted by atomic mass is 9.88. The molecule has 0 saturated heterocycles. The van der Waals surface area contributed by atoms with Crippen LogP contribution in [-0.4, -0.2) is 35.7 Å². The topological polar surface area (TPSA) is 116 Å². The highest BCUT2D eigenvalue weighted by atomic mass is 19.1. The van der Waals surface area contributed by atoms with Crippen LogP contribution in [0.3, 0.4) is 0 Å². The van der Waals surface area contributed by atoms with Crippen molar-refractivity contribution in [3.05, 3.63) is 40.2 Å². The summed E-state index contributed by atoms with van der Waals surface area (Å²) in [5, 5.41) is 13.2. The van der Waals surface area contributed by atoms with Crippen LogP contribution in [0.5, 0.6) is 0 Å². The van der Waals surface area contributed by atoms with Crippen molar-refractivity contribution in [2.45, 2.75) is 19.8 Å². The van der Waals surface area contributed by atoms with Crippen LogP contribution in [0.1, 0.15) is 19.8 Å². The first-order chi connectivity index (χ1) is 12.3. The van der Waals surface area contributed by atoms with Gasteiger partial charge in [-0.05, 0) is 30.2 Å². The van der Waals surface area contributed by atoms with E-state index in [1.807, 2.05) is 0 Å². The summed E-state index contributed by atoms with van der Waals surface area (Å²) in [5.41, 5.74) is 0.346. The van der Waals surface area contributed by atoms with Crippen LogP contribution in [0.2, 0.25) is 0 Å². The van der Waals surface area contributed by atoms with E-state index in [0.717, 1.165) is 0 Å². The number of benzene rings is 1. The number of nitrogens with zero attached hydrogens (tertiary/aromatic N) is 1. The molecule has 26 heavy (non-hydrogen) atoms. The average Bonchev–Trinajstić information content (AvgIpc) is 2.81. The van der Waals surface area contributed by atoms with Crippen molar-refractivity contribution in [3.8, 4) is 0 Å². The number of ether oxygens (including phenoxy) is 1. The zero-order chi connectivity index (χ0) is 19.3. The van der Waals surface area contributed by atoms with Crippen LogP contribution in [0.15, 0.2) is 24.3 Å². The fraction of sp³-hybridized carbons (Fsp3) is 0.471. The number of halogens is 1. The molecule has 1 aromatic rings. The summed E-state index contributed by atoms with van der Waals surface area (Å²) >= 11 is 0. The number of anilines is 1. The summed E-state index contributed by atoms with van der Waals surface area (Å²) in [6, 6.07) is 5.06. The first-order valence-corrected chi connectivity index (χ1v) is 8.11. The molecule has 0 aliphatic heterocycles. The van der Waals surface area contributed by atoms with Gasteiger partial charge in [0.2, 0.25) is 6.54 Å². The predicted molar refractivity (Wildman–Crippen MR) is 88.2 cm³/mol. The molecule has 0 spiro atoms. The van der Waals surface area contributed by atoms with Crippen molar-refractivity contribution in [2.24, 2.45) is 17.8 Å². The third-order valence-corrected chi connectivity index (χ3v) is 4.42. The molecule has 0 radical (unpaired) electrons. The first kappa shape index (κ1) is 19.5. The molecule has 0 unspecified atom stereocenters. The molecule has 140 valence electrons. The van der Waals surface area contributed by atoms with E-state index in [-0.39, 0.29) is 31.1 Å². The van der Waals surface area contributed by atoms with E-state index in [1.165, 1.54) is 24.3 Å². The maximum absolute atomic E-state index is 12.8. The minimum Gasteiger partial charge on any atom is -0.456 e. The van der Waals surface area contributed by atoms with Gasteiger partial charge in [0.15, 0.2) is 6.61 Å². The number of nitrogens with one attached hydrogen (secondary N) is 1. The van der Waals surface area contributed by atoms with Crippen LogP contribution >= 0.6 is 0 Å². The molecule has 0 heterocycles. The molecule has 1 amide bonds. The highest BCUT2D eigenvalue weighted by molar-refractivity contribution is 5.93. The van der Waals surface area contributed by atoms with E-state index in [1.54, 1.807) is 6.92 Å². The molecule has 0 aromatic heterocycles. The van der Waals surface area contributed by atoms with E-state index < -0.39 is 41.1 Å². The van der Waals surface area contributed by atoms with Crippen molar-refractivity contribution in [1.29, 1.82) is 0 Å². The Morgan fingerprint density at radius 2 is 2.00 bits per heavy atom. The van der Waals surface area contributed by atoms with Gasteiger partial charge in [-0.2, -0.15) is 0 Å². The summed E-state index contributed by atoms with van der Waals surface area (Å²) < 4.78 is 17.6. The predicted octanol–water partition coefficient (Wildman–Crippen LogP) is 1.82. The van der Waals surface area contributed by atoms with Gasteiger partial charge in [-0.1, -0.05) is 6.92 Å². The van der Waals surface area contributed by atoms with Gasteiger partial charge in [0.1, 0.15) is 11.6 Å². The third kappa shape index (κ3) is 5.33. The Kier molecular flexibility index (Phi) is 6.37. The fourth-order valence-corrected chi connectivity index (χ4v) is 3.11. The Morgan fingerprint density at radius 3 is 2.62 bits per heavy atom. The van der Waals surface area contributed by atoms with E-state index in [0.29, 0.717) is 5.69 Å². The van der Waals surface area contributed by atoms with Crippen molar-refractivity contribution in [3.63, 3.8) is 0 Å². The SMILES string of the molecule is C[C@@H]1CC(=O)[C@@H](CC(=O)OCC(=O)Nc2ccc(F)cc2)[C@@H]1C[N+](=O)[O-]. The van der Waals surface area contributed by atoms with Gasteiger partial charge in [-0.15, -0.1) is 0 Å². The number of ketones is 1. The monoisotopic (exact) mass is 366 g/mol. The van der Waals surface area contributed by atoms with Gasteiger partial charge >= 0.3 is 5.97 Å². The van der Waals surface area contributed by atoms with Crippen LogP contribution < -0.4 is 5.32 Å². The molecule has 9 heteroatoms. The number of carbonyl (C=O) groups is 3. The second kappa shape index (κ2) is 8.50. The van der Waals surface area contributed by atoms with Gasteiger partial charge in [-0.3, -0.25) is 24.5 Å². The standard InChI is InChI=1S/C17H19FN2O6/c1-10-6-15(21)13(14(10)8-20(24)25)7-17(23)26-9-16(22)19-12-4-2-11(18)3-5-12/h2-5,10,13-14H,6-9H2,1H3,(H,19,22)/t10-,13+,14-/m1/s1. The number of amides is 1. The molecule has 2 rings (SSSR count). The minimum atomic E-state index is -0.764. The normalized spacial score (nSPS) is 22.1. The summed E-state index contributed by atoms with van der Waals surface area (Å²) in [4.78, 5) is 45.9. The lowest BCUT2D eigenvalue weighted by Gasteiger charge is -2.17. The Morgan fingerprint density at radius 1 is 1.35 bits per heavy atom. The zero-order valence-electron chi connectivity index (χ0n) is 14.1. The number of nitro groups is 1. The molecule has 1 aromatic carbocycles. The maximum Gasteiger partial charge on any atom is 0.307 e. The summed E-state index contributed by atoms with van der Waals surface area (Å²) in [7, 11) is 0. The van der Waals surface area contributed by atoms with Crippen molar-refractivity contribution < 1.29 is 28.4 Å². The molecular weight excluding hydrogens is 347 g/mol. The van der Waals surface area contributed by atoms with E-state index >= 15 is 0 Å². The van der Waals surface area contributed by atoms with Gasteiger partial charge in [0.05, 0.1) is 6.42 Å². The second-order valence-corrected chi connectivity index (χ2v) is 6.35. The summed E-state index contributed by atoms with van der Waals surface area (Å²) in [5.74, 6) is -3.47. The molecular formula is C17H19FN2O6. The number of hydrogen-bond donors (Lipinski definition) is 1. The fourth-order valence-electron chi connectivity index (χ4n) is 3.11. The average molecular weight is 366 g/mol. The smallest absolute Gasteiger partial charge is 0.307 e. The van der Waals surface area contributed by atoms with Gasteiger partial charge in [0.25, 0.3) is 5.91 Å². The number of rotatable bonds is 7. The molecule has 0 bridgehead atoms. The molecule has 1 aliphatic rings. The highest BCUT2D eigenvalue weighted by Gasteiger charge is 2.44. The van der Waals surface area contributed by atoms with Crippen LogP contribution in [-0.2, 0) is 19.1 Å². The quantitative estimate of drug-likeness (QED) is 0.447. The van der Waals surface area contributed by atoms with Gasteiger partial charge in [0, 0.05) is 28.9 Å². The minimum absolute atomic E-state index is 0.174. The lowest BCUT2D eigenvalue weighted by molar-refractivity contribution is -0.490. The Balaban J connectivity index is 1.83. The Hall–Kier alpha value is -2.84. The van der Waals surface area contributed by atoms with E-state index in [9.17, 15) is 28.9 Å². The summed E-state index contributed by atoms with van der Waals surface area (Å²) in [6.45, 7) is 0.802. The maximum atomic E-state index is 12.8. The molecule has 1 fully saturated rings. The largest absolute Gasteiger partial charge is 0.456 e. The van der Waals surface area contributed by atoms with Crippen LogP contribution in [0.4, 0.5) is 10.1 Å². The van der Waals surface area contributed by atoms with Crippen molar-refractivity contribution in [1.82, 2.24) is 0 Å². The van der Waals surface area contributed by atoms with Crippen LogP contribution in [0.25, 0.3) is 0 Å². The van der Waals surface area contributed by atoms with Crippen molar-refractivity contribution in [2.75, 3.05) is 18.5 Å². The second-order valence-electron chi connectivity index (χ2n) is 6.35. The van der Waals surface area contributed by atoms with E-state index in [2.05, 4.69) is 5.32 Å². The molecule has 1 N–H and O–H groups in total. The summed E-state index contributed by atoms with van der Waals surface area (Å²) in [6.07, 6.45) is -0.0903. The number of carbonyl (C=O) groups excluding carboxylic acids is 3. The van der Waals surface area contributed by atoms with Gasteiger partial charge in [-0.25, -0.2) is 4.39 Å². The molecule has 3 atom stereocenters. The Bertz CT molecular complexity index is 706. The number of Topliss-reactive ketones (excluding diaryl/α,β-unsaturated/α-hetero) is 1. The van der Waals surface area contributed by atoms with Crippen LogP contribution in [0, 0.1) is 33.7 Å². The Labute approximate surface area is 148 Å². The lowest BCUT2D eigenvalue weighted by Crippen LogP contribution is -2.28. The first-order valence-electron chi connectivity index (χ1n) is 8.11. The molecule has 1 aliphatic carbocycles. The van der Waals surface area contributed by atoms with Gasteiger partial charge < -0.3 is 10.1 Å². The zero-order valence-corrected chi connectivity index (χ0v) is 14.1. The highest BCUT2D eigenvalue weighted by Crippen LogP contribution is 2.36. The number of hydrogen-bond acceptors (Lipinski definition) is 6. The van der Waals surface area contributed by atoms with Crippen molar-refractivity contribution >= 4 is 23.3 Å². The third-order valence-electron chi connectivity index (χ3n) is 4.42. The molecule has 8 nitrogen and oxygen atoms in total. The number of esters is 1. The van der Waals surface area contributed by atoms with E-state index in [4.69, 9.17) is 4.74 Å². The molecule has 1 saturated carbocycles.